The molecule has 0 heterocycles. The molecule has 0 saturated carbocycles. The van der Waals surface area contributed by atoms with E-state index in [-0.39, 0.29) is 0 Å². The summed E-state index contributed by atoms with van der Waals surface area (Å²) in [6.07, 6.45) is 26.2. The van der Waals surface area contributed by atoms with Gasteiger partial charge in [0.05, 0.1) is 0 Å². The summed E-state index contributed by atoms with van der Waals surface area (Å²) >= 11 is 0. The van der Waals surface area contributed by atoms with E-state index in [1.807, 2.05) is 0 Å². The van der Waals surface area contributed by atoms with Gasteiger partial charge in [-0.3, -0.25) is 0 Å². The lowest BCUT2D eigenvalue weighted by atomic mass is 9.87. The molecule has 0 aliphatic rings. The molecule has 0 radical (unpaired) electrons. The highest BCUT2D eigenvalue weighted by molar-refractivity contribution is 4.98. The Morgan fingerprint density at radius 1 is 0.414 bits per heavy atom. The highest BCUT2D eigenvalue weighted by Gasteiger charge is 2.11. The van der Waals surface area contributed by atoms with Crippen molar-refractivity contribution in [3.8, 4) is 11.8 Å². The molecule has 0 heteroatoms. The third-order valence-corrected chi connectivity index (χ3v) is 7.07. The van der Waals surface area contributed by atoms with Crippen LogP contribution in [0.3, 0.4) is 0 Å². The predicted molar refractivity (Wildman–Crippen MR) is 134 cm³/mol. The van der Waals surface area contributed by atoms with Gasteiger partial charge in [0.15, 0.2) is 0 Å². The topological polar surface area (TPSA) is 0 Å². The Kier molecular flexibility index (Phi) is 21.9. The summed E-state index contributed by atoms with van der Waals surface area (Å²) in [6.45, 7) is 11.7. The highest BCUT2D eigenvalue weighted by Crippen LogP contribution is 2.26. The number of rotatable bonds is 20. The van der Waals surface area contributed by atoms with Crippen LogP contribution in [0.15, 0.2) is 0 Å². The Morgan fingerprint density at radius 3 is 1.34 bits per heavy atom. The molecule has 3 atom stereocenters. The summed E-state index contributed by atoms with van der Waals surface area (Å²) in [5, 5.41) is 0. The Morgan fingerprint density at radius 2 is 0.862 bits per heavy atom. The lowest BCUT2D eigenvalue weighted by Gasteiger charge is -2.19. The van der Waals surface area contributed by atoms with Crippen LogP contribution in [0, 0.1) is 29.6 Å². The quantitative estimate of drug-likeness (QED) is 0.140. The van der Waals surface area contributed by atoms with Crippen molar-refractivity contribution in [1.82, 2.24) is 0 Å². The molecule has 29 heavy (non-hydrogen) atoms. The maximum absolute atomic E-state index is 3.35. The third-order valence-electron chi connectivity index (χ3n) is 7.07. The van der Waals surface area contributed by atoms with Crippen LogP contribution < -0.4 is 0 Å². The van der Waals surface area contributed by atoms with Gasteiger partial charge in [0.25, 0.3) is 0 Å². The van der Waals surface area contributed by atoms with Crippen molar-refractivity contribution in [3.05, 3.63) is 0 Å². The van der Waals surface area contributed by atoms with Gasteiger partial charge in [-0.1, -0.05) is 125 Å². The van der Waals surface area contributed by atoms with Crippen LogP contribution in [0.25, 0.3) is 0 Å². The summed E-state index contributed by atoms with van der Waals surface area (Å²) in [5.41, 5.74) is 0. The minimum Gasteiger partial charge on any atom is -0.103 e. The maximum atomic E-state index is 3.35. The zero-order chi connectivity index (χ0) is 21.6. The summed E-state index contributed by atoms with van der Waals surface area (Å²) in [6, 6.07) is 0. The van der Waals surface area contributed by atoms with Gasteiger partial charge in [-0.2, -0.15) is 0 Å². The minimum absolute atomic E-state index is 0.945. The van der Waals surface area contributed by atoms with E-state index < -0.39 is 0 Å². The Hall–Kier alpha value is -0.440. The van der Waals surface area contributed by atoms with Crippen molar-refractivity contribution in [2.24, 2.45) is 17.8 Å². The van der Waals surface area contributed by atoms with Crippen LogP contribution in [0.4, 0.5) is 0 Å². The fourth-order valence-electron chi connectivity index (χ4n) is 4.62. The molecular formula is C29H56. The van der Waals surface area contributed by atoms with Gasteiger partial charge in [-0.15, -0.1) is 11.8 Å². The standard InChI is InChI=1S/C29H56/c1-6-11-13-14-15-18-22-27(8-3)23-19-16-17-20-24-29(10-5)26-25-28(9-4)21-12-7-2/h27-29H,6-12,15-26H2,1-5H3. The second kappa shape index (κ2) is 22.2. The SMILES string of the molecule is CCCC#CCCCC(CC)CCCCCCC(CC)CCC(CC)CCCC. The van der Waals surface area contributed by atoms with E-state index in [0.717, 1.165) is 30.6 Å². The van der Waals surface area contributed by atoms with Gasteiger partial charge in [0.1, 0.15) is 0 Å². The first-order valence-corrected chi connectivity index (χ1v) is 13.7. The van der Waals surface area contributed by atoms with Crippen LogP contribution in [0.5, 0.6) is 0 Å². The van der Waals surface area contributed by atoms with E-state index in [4.69, 9.17) is 0 Å². The van der Waals surface area contributed by atoms with Crippen molar-refractivity contribution in [1.29, 1.82) is 0 Å². The molecule has 0 saturated heterocycles. The molecule has 0 aliphatic carbocycles. The highest BCUT2D eigenvalue weighted by atomic mass is 14.2. The molecule has 0 aromatic rings. The van der Waals surface area contributed by atoms with Crippen LogP contribution in [-0.4, -0.2) is 0 Å². The predicted octanol–water partition coefficient (Wildman–Crippen LogP) is 10.3. The minimum atomic E-state index is 0.945. The fourth-order valence-corrected chi connectivity index (χ4v) is 4.62. The first-order chi connectivity index (χ1) is 14.2. The normalized spacial score (nSPS) is 14.2. The van der Waals surface area contributed by atoms with E-state index in [0.29, 0.717) is 0 Å². The fraction of sp³-hybridized carbons (Fsp3) is 0.931. The first-order valence-electron chi connectivity index (χ1n) is 13.7. The molecule has 3 unspecified atom stereocenters. The van der Waals surface area contributed by atoms with Gasteiger partial charge in [-0.25, -0.2) is 0 Å². The van der Waals surface area contributed by atoms with E-state index in [1.54, 1.807) is 0 Å². The zero-order valence-electron chi connectivity index (χ0n) is 21.2. The summed E-state index contributed by atoms with van der Waals surface area (Å²) in [4.78, 5) is 0. The average Bonchev–Trinajstić information content (AvgIpc) is 2.75. The van der Waals surface area contributed by atoms with Crippen molar-refractivity contribution < 1.29 is 0 Å². The summed E-state index contributed by atoms with van der Waals surface area (Å²) < 4.78 is 0. The Labute approximate surface area is 186 Å². The Bertz CT molecular complexity index is 371. The largest absolute Gasteiger partial charge is 0.103 e. The van der Waals surface area contributed by atoms with Crippen LogP contribution in [0.1, 0.15) is 157 Å². The van der Waals surface area contributed by atoms with Crippen molar-refractivity contribution in [2.75, 3.05) is 0 Å². The van der Waals surface area contributed by atoms with Crippen LogP contribution in [-0.2, 0) is 0 Å². The van der Waals surface area contributed by atoms with Crippen molar-refractivity contribution >= 4 is 0 Å². The molecule has 0 nitrogen and oxygen atoms in total. The molecule has 0 amide bonds. The van der Waals surface area contributed by atoms with Crippen molar-refractivity contribution in [2.45, 2.75) is 157 Å². The second-order valence-corrected chi connectivity index (χ2v) is 9.53. The van der Waals surface area contributed by atoms with Gasteiger partial charge < -0.3 is 0 Å². The van der Waals surface area contributed by atoms with E-state index in [2.05, 4.69) is 46.5 Å². The zero-order valence-corrected chi connectivity index (χ0v) is 21.2. The molecule has 0 bridgehead atoms. The number of unbranched alkanes of at least 4 members (excludes halogenated alkanes) is 6. The monoisotopic (exact) mass is 404 g/mol. The molecule has 0 aromatic carbocycles. The average molecular weight is 405 g/mol. The second-order valence-electron chi connectivity index (χ2n) is 9.53. The van der Waals surface area contributed by atoms with Gasteiger partial charge in [0, 0.05) is 12.8 Å². The van der Waals surface area contributed by atoms with Crippen LogP contribution in [0.2, 0.25) is 0 Å². The smallest absolute Gasteiger partial charge is 0.00887 e. The lowest BCUT2D eigenvalue weighted by molar-refractivity contribution is 0.334. The van der Waals surface area contributed by atoms with E-state index in [1.165, 1.54) is 109 Å². The van der Waals surface area contributed by atoms with E-state index in [9.17, 15) is 0 Å². The van der Waals surface area contributed by atoms with Gasteiger partial charge >= 0.3 is 0 Å². The van der Waals surface area contributed by atoms with Gasteiger partial charge in [0.2, 0.25) is 0 Å². The third kappa shape index (κ3) is 18.1. The van der Waals surface area contributed by atoms with Gasteiger partial charge in [-0.05, 0) is 37.0 Å². The maximum Gasteiger partial charge on any atom is 0.00887 e. The van der Waals surface area contributed by atoms with Crippen LogP contribution >= 0.6 is 0 Å². The molecule has 0 aliphatic heterocycles. The molecular weight excluding hydrogens is 348 g/mol. The first kappa shape index (κ1) is 28.6. The van der Waals surface area contributed by atoms with Crippen molar-refractivity contribution in [3.63, 3.8) is 0 Å². The summed E-state index contributed by atoms with van der Waals surface area (Å²) in [7, 11) is 0. The molecule has 0 N–H and O–H groups in total. The molecule has 0 rings (SSSR count). The summed E-state index contributed by atoms with van der Waals surface area (Å²) in [5.74, 6) is 9.56. The lowest BCUT2D eigenvalue weighted by Crippen LogP contribution is -2.05. The molecule has 0 fully saturated rings. The Balaban J connectivity index is 3.76. The number of hydrogen-bond donors (Lipinski definition) is 0. The number of hydrogen-bond acceptors (Lipinski definition) is 0. The molecule has 0 spiro atoms. The van der Waals surface area contributed by atoms with E-state index >= 15 is 0 Å². The molecule has 0 aromatic heterocycles. The molecule has 172 valence electrons.